The minimum atomic E-state index is -1.21. The molecule has 0 aliphatic carbocycles. The molecule has 0 spiro atoms. The fourth-order valence-corrected chi connectivity index (χ4v) is 2.80. The molecule has 12 nitrogen and oxygen atoms in total. The Kier molecular flexibility index (Phi) is 14.5. The van der Waals surface area contributed by atoms with Crippen molar-refractivity contribution in [3.05, 3.63) is 0 Å². The number of thiol groups is 1. The second-order valence-electron chi connectivity index (χ2n) is 6.26. The van der Waals surface area contributed by atoms with Gasteiger partial charge in [0.25, 0.3) is 0 Å². The van der Waals surface area contributed by atoms with Gasteiger partial charge in [-0.3, -0.25) is 19.4 Å². The van der Waals surface area contributed by atoms with Crippen LogP contribution < -0.4 is 33.2 Å². The van der Waals surface area contributed by atoms with Crippen molar-refractivity contribution in [2.45, 2.75) is 37.4 Å². The van der Waals surface area contributed by atoms with Crippen LogP contribution in [0.3, 0.4) is 0 Å². The van der Waals surface area contributed by atoms with E-state index in [0.717, 1.165) is 0 Å². The summed E-state index contributed by atoms with van der Waals surface area (Å²) in [5.41, 5.74) is 15.9. The van der Waals surface area contributed by atoms with Crippen LogP contribution in [0.4, 0.5) is 0 Å². The van der Waals surface area contributed by atoms with Gasteiger partial charge < -0.3 is 38.3 Å². The summed E-state index contributed by atoms with van der Waals surface area (Å²) in [4.78, 5) is 51.5. The molecule has 3 unspecified atom stereocenters. The average Bonchev–Trinajstić information content (AvgIpc) is 2.70. The second-order valence-corrected chi connectivity index (χ2v) is 7.61. The Hall–Kier alpha value is -2.19. The molecule has 0 radical (unpaired) electrons. The molecule has 0 aliphatic rings. The number of nitrogens with zero attached hydrogens (tertiary/aromatic N) is 1. The lowest BCUT2D eigenvalue weighted by Crippen LogP contribution is -2.54. The molecule has 0 aromatic rings. The van der Waals surface area contributed by atoms with Crippen molar-refractivity contribution in [3.63, 3.8) is 0 Å². The number of hydrogen-bond acceptors (Lipinski definition) is 8. The lowest BCUT2D eigenvalue weighted by Gasteiger charge is -2.21. The number of aliphatic imine (C=N–C) groups is 1. The summed E-state index contributed by atoms with van der Waals surface area (Å²) in [5, 5.41) is 16.6. The highest BCUT2D eigenvalue weighted by molar-refractivity contribution is 7.98. The first-order chi connectivity index (χ1) is 14.1. The van der Waals surface area contributed by atoms with Crippen LogP contribution in [0.5, 0.6) is 0 Å². The van der Waals surface area contributed by atoms with Crippen LogP contribution in [0, 0.1) is 0 Å². The van der Waals surface area contributed by atoms with Crippen LogP contribution >= 0.6 is 24.4 Å². The molecule has 3 atom stereocenters. The van der Waals surface area contributed by atoms with Crippen LogP contribution in [0.2, 0.25) is 0 Å². The Labute approximate surface area is 184 Å². The summed E-state index contributed by atoms with van der Waals surface area (Å²) in [6.07, 6.45) is 2.57. The van der Waals surface area contributed by atoms with Crippen molar-refractivity contribution >= 4 is 54.0 Å². The molecule has 0 bridgehead atoms. The minimum Gasteiger partial charge on any atom is -0.480 e. The Balaban J connectivity index is 4.85. The highest BCUT2D eigenvalue weighted by atomic mass is 32.2. The van der Waals surface area contributed by atoms with E-state index in [4.69, 9.17) is 17.2 Å². The van der Waals surface area contributed by atoms with Gasteiger partial charge in [-0.05, 0) is 31.3 Å². The number of thioether (sulfide) groups is 1. The van der Waals surface area contributed by atoms with Crippen molar-refractivity contribution in [3.8, 4) is 0 Å². The zero-order valence-corrected chi connectivity index (χ0v) is 18.5. The Morgan fingerprint density at radius 3 is 2.30 bits per heavy atom. The maximum Gasteiger partial charge on any atom is 0.326 e. The first-order valence-electron chi connectivity index (χ1n) is 9.13. The van der Waals surface area contributed by atoms with E-state index < -0.39 is 41.8 Å². The number of guanidine groups is 1. The minimum absolute atomic E-state index is 0.104. The number of carboxylic acid groups (broad SMARTS) is 1. The molecule has 0 aromatic heterocycles. The lowest BCUT2D eigenvalue weighted by molar-refractivity contribution is -0.142. The number of carbonyl (C=O) groups excluding carboxylic acids is 3. The van der Waals surface area contributed by atoms with E-state index >= 15 is 0 Å². The average molecular weight is 466 g/mol. The lowest BCUT2D eigenvalue weighted by atomic mass is 10.1. The largest absolute Gasteiger partial charge is 0.480 e. The Morgan fingerprint density at radius 1 is 1.10 bits per heavy atom. The topological polar surface area (TPSA) is 215 Å². The van der Waals surface area contributed by atoms with E-state index in [1.54, 1.807) is 0 Å². The van der Waals surface area contributed by atoms with E-state index in [1.807, 2.05) is 6.26 Å². The third-order valence-corrected chi connectivity index (χ3v) is 4.82. The summed E-state index contributed by atoms with van der Waals surface area (Å²) in [5.74, 6) is -2.43. The summed E-state index contributed by atoms with van der Waals surface area (Å²) in [6, 6.07) is -2.97. The molecule has 10 N–H and O–H groups in total. The fraction of sp³-hybridized carbons (Fsp3) is 0.688. The molecule has 0 rings (SSSR count). The van der Waals surface area contributed by atoms with E-state index in [0.29, 0.717) is 12.2 Å². The van der Waals surface area contributed by atoms with Gasteiger partial charge in [0.2, 0.25) is 17.7 Å². The van der Waals surface area contributed by atoms with Crippen LogP contribution in [0.25, 0.3) is 0 Å². The Bertz CT molecular complexity index is 617. The molecule has 0 saturated carbocycles. The van der Waals surface area contributed by atoms with Crippen molar-refractivity contribution in [1.82, 2.24) is 16.0 Å². The van der Waals surface area contributed by atoms with Crippen molar-refractivity contribution < 1.29 is 24.3 Å². The molecule has 0 fully saturated rings. The van der Waals surface area contributed by atoms with E-state index in [9.17, 15) is 24.3 Å². The summed E-state index contributed by atoms with van der Waals surface area (Å²) < 4.78 is 0. The van der Waals surface area contributed by atoms with Crippen LogP contribution in [0.15, 0.2) is 4.99 Å². The standard InChI is InChI=1S/C16H31N7O5S2/c1-30-6-4-10(22-12(24)7-21-13(25)9(17)8-29)14(26)23-11(15(27)28)3-2-5-20-16(18)19/h9-11,29H,2-8,17H2,1H3,(H,21,25)(H,22,24)(H,23,26)(H,27,28)(H4,18,19,20). The van der Waals surface area contributed by atoms with Gasteiger partial charge in [-0.2, -0.15) is 24.4 Å². The maximum absolute atomic E-state index is 12.5. The number of rotatable bonds is 15. The number of hydrogen-bond donors (Lipinski definition) is 8. The number of carbonyl (C=O) groups is 4. The number of aliphatic carboxylic acids is 1. The molecule has 14 heteroatoms. The molecular weight excluding hydrogens is 434 g/mol. The van der Waals surface area contributed by atoms with Crippen LogP contribution in [-0.4, -0.2) is 83.7 Å². The zero-order chi connectivity index (χ0) is 23.1. The monoisotopic (exact) mass is 465 g/mol. The van der Waals surface area contributed by atoms with Gasteiger partial charge in [0.05, 0.1) is 12.6 Å². The van der Waals surface area contributed by atoms with E-state index in [2.05, 4.69) is 33.6 Å². The van der Waals surface area contributed by atoms with Crippen molar-refractivity contribution in [1.29, 1.82) is 0 Å². The smallest absolute Gasteiger partial charge is 0.326 e. The van der Waals surface area contributed by atoms with Gasteiger partial charge in [-0.15, -0.1) is 0 Å². The first-order valence-corrected chi connectivity index (χ1v) is 11.2. The number of nitrogens with one attached hydrogen (secondary N) is 3. The summed E-state index contributed by atoms with van der Waals surface area (Å²) in [7, 11) is 0. The van der Waals surface area contributed by atoms with Crippen LogP contribution in [-0.2, 0) is 19.2 Å². The summed E-state index contributed by atoms with van der Waals surface area (Å²) in [6.45, 7) is -0.146. The Morgan fingerprint density at radius 2 is 1.77 bits per heavy atom. The third kappa shape index (κ3) is 12.4. The quantitative estimate of drug-likeness (QED) is 0.0542. The molecule has 0 aliphatic heterocycles. The number of nitrogens with two attached hydrogens (primary N) is 3. The predicted molar refractivity (Wildman–Crippen MR) is 119 cm³/mol. The van der Waals surface area contributed by atoms with Gasteiger partial charge in [0, 0.05) is 12.3 Å². The first kappa shape index (κ1) is 27.8. The molecule has 30 heavy (non-hydrogen) atoms. The third-order valence-electron chi connectivity index (χ3n) is 3.78. The fourth-order valence-electron chi connectivity index (χ4n) is 2.16. The SMILES string of the molecule is CSCCC(NC(=O)CNC(=O)C(N)CS)C(=O)NC(CCCN=C(N)N)C(=O)O. The van der Waals surface area contributed by atoms with Gasteiger partial charge in [0.1, 0.15) is 12.1 Å². The molecule has 3 amide bonds. The summed E-state index contributed by atoms with van der Waals surface area (Å²) >= 11 is 5.36. The molecule has 0 aromatic carbocycles. The normalized spacial score (nSPS) is 13.4. The molecular formula is C16H31N7O5S2. The van der Waals surface area contributed by atoms with Crippen LogP contribution in [0.1, 0.15) is 19.3 Å². The predicted octanol–water partition coefficient (Wildman–Crippen LogP) is -2.78. The van der Waals surface area contributed by atoms with E-state index in [-0.39, 0.29) is 37.6 Å². The number of amides is 3. The number of carboxylic acids is 1. The second kappa shape index (κ2) is 15.6. The highest BCUT2D eigenvalue weighted by Gasteiger charge is 2.26. The zero-order valence-electron chi connectivity index (χ0n) is 16.8. The van der Waals surface area contributed by atoms with E-state index in [1.165, 1.54) is 11.8 Å². The van der Waals surface area contributed by atoms with Gasteiger partial charge >= 0.3 is 5.97 Å². The van der Waals surface area contributed by atoms with Gasteiger partial charge in [0.15, 0.2) is 5.96 Å². The maximum atomic E-state index is 12.5. The highest BCUT2D eigenvalue weighted by Crippen LogP contribution is 2.04. The molecule has 172 valence electrons. The van der Waals surface area contributed by atoms with Crippen molar-refractivity contribution in [2.24, 2.45) is 22.2 Å². The molecule has 0 saturated heterocycles. The van der Waals surface area contributed by atoms with Gasteiger partial charge in [-0.1, -0.05) is 0 Å². The van der Waals surface area contributed by atoms with Crippen molar-refractivity contribution in [2.75, 3.05) is 30.9 Å². The molecule has 0 heterocycles. The van der Waals surface area contributed by atoms with Gasteiger partial charge in [-0.25, -0.2) is 4.79 Å².